The first-order chi connectivity index (χ1) is 6.76. The number of rotatable bonds is 6. The van der Waals surface area contributed by atoms with Crippen LogP contribution in [0.15, 0.2) is 11.4 Å². The topological polar surface area (TPSA) is 0 Å². The average Bonchev–Trinajstić information content (AvgIpc) is 2.58. The fourth-order valence-electron chi connectivity index (χ4n) is 1.88. The number of thiophene rings is 1. The fourth-order valence-corrected chi connectivity index (χ4v) is 2.60. The molecule has 0 aliphatic heterocycles. The van der Waals surface area contributed by atoms with Crippen molar-refractivity contribution < 1.29 is 0 Å². The molecule has 1 atom stereocenters. The Hall–Kier alpha value is 0.297. The summed E-state index contributed by atoms with van der Waals surface area (Å²) in [4.78, 5) is 0. The van der Waals surface area contributed by atoms with Gasteiger partial charge in [0.05, 0.1) is 0 Å². The molecule has 74 valence electrons. The van der Waals surface area contributed by atoms with Gasteiger partial charge in [-0.15, -0.1) is 0 Å². The second-order valence-corrected chi connectivity index (χ2v) is 5.30. The summed E-state index contributed by atoms with van der Waals surface area (Å²) in [7, 11) is 0. The molecule has 0 aromatic carbocycles. The van der Waals surface area contributed by atoms with Crippen LogP contribution in [0.25, 0.3) is 0 Å². The minimum absolute atomic E-state index is 0.906. The summed E-state index contributed by atoms with van der Waals surface area (Å²) in [5.74, 6) is 0.906. The van der Waals surface area contributed by atoms with Crippen molar-refractivity contribution >= 4 is 32.6 Å². The van der Waals surface area contributed by atoms with Gasteiger partial charge in [-0.05, 0) is 0 Å². The van der Waals surface area contributed by atoms with Gasteiger partial charge in [0.2, 0.25) is 0 Å². The molecular weight excluding hydrogens is 183 g/mol. The monoisotopic (exact) mass is 202 g/mol. The van der Waals surface area contributed by atoms with Crippen molar-refractivity contribution in [3.05, 3.63) is 17.0 Å². The summed E-state index contributed by atoms with van der Waals surface area (Å²) in [5.41, 5.74) is 1.55. The van der Waals surface area contributed by atoms with E-state index in [0.29, 0.717) is 0 Å². The number of unbranched alkanes of at least 4 members (excludes halogenated alkanes) is 1. The summed E-state index contributed by atoms with van der Waals surface area (Å²) in [6.45, 7) is 4.60. The third-order valence-corrected chi connectivity index (χ3v) is 3.76. The first kappa shape index (κ1) is 12.4. The third kappa shape index (κ3) is 4.21. The summed E-state index contributed by atoms with van der Waals surface area (Å²) in [6, 6.07) is 2.35. The molecule has 1 aromatic heterocycles. The number of hydrogen-bond acceptors (Lipinski definition) is 1. The molecule has 0 saturated carbocycles. The van der Waals surface area contributed by atoms with Crippen LogP contribution in [-0.4, -0.2) is 17.7 Å². The van der Waals surface area contributed by atoms with Crippen LogP contribution in [0.3, 0.4) is 0 Å². The Balaban J connectivity index is 2.40. The molecule has 2 heteroatoms. The third-order valence-electron chi connectivity index (χ3n) is 2.85. The molecule has 0 aliphatic carbocycles. The van der Waals surface area contributed by atoms with Crippen LogP contribution < -0.4 is 3.55 Å². The van der Waals surface area contributed by atoms with Crippen molar-refractivity contribution in [1.82, 2.24) is 0 Å². The summed E-state index contributed by atoms with van der Waals surface area (Å²) in [5, 5.41) is 2.32. The average molecular weight is 202 g/mol. The minimum atomic E-state index is 0.906. The summed E-state index contributed by atoms with van der Waals surface area (Å²) in [6.07, 6.45) is 6.75. The van der Waals surface area contributed by atoms with E-state index in [1.54, 1.807) is 5.56 Å². The zero-order valence-corrected chi connectivity index (χ0v) is 10.5. The molecule has 0 aliphatic rings. The Kier molecular flexibility index (Phi) is 5.94. The molecular formula is C12H19LiS. The van der Waals surface area contributed by atoms with Crippen LogP contribution >= 0.6 is 11.3 Å². The normalized spacial score (nSPS) is 13.1. The van der Waals surface area contributed by atoms with Crippen LogP contribution in [0.4, 0.5) is 0 Å². The Morgan fingerprint density at radius 3 is 2.71 bits per heavy atom. The van der Waals surface area contributed by atoms with E-state index in [1.165, 1.54) is 35.7 Å². The Labute approximate surface area is 101 Å². The van der Waals surface area contributed by atoms with Gasteiger partial charge in [0.25, 0.3) is 0 Å². The van der Waals surface area contributed by atoms with Gasteiger partial charge in [-0.1, -0.05) is 0 Å². The summed E-state index contributed by atoms with van der Waals surface area (Å²) < 4.78 is 1.45. The quantitative estimate of drug-likeness (QED) is 0.621. The molecule has 0 bridgehead atoms. The van der Waals surface area contributed by atoms with Gasteiger partial charge in [-0.25, -0.2) is 0 Å². The van der Waals surface area contributed by atoms with Gasteiger partial charge in [0.15, 0.2) is 0 Å². The molecule has 0 nitrogen and oxygen atoms in total. The maximum absolute atomic E-state index is 2.35. The molecule has 1 rings (SSSR count). The Morgan fingerprint density at radius 1 is 1.43 bits per heavy atom. The maximum atomic E-state index is 2.35. The SMILES string of the molecule is [Li][c]1cc(CC(CC)CCCC)cs1. The van der Waals surface area contributed by atoms with Crippen LogP contribution in [0, 0.1) is 5.92 Å². The van der Waals surface area contributed by atoms with Crippen LogP contribution in [0.1, 0.15) is 45.1 Å². The molecule has 0 fully saturated rings. The van der Waals surface area contributed by atoms with E-state index >= 15 is 0 Å². The molecule has 0 radical (unpaired) electrons. The molecule has 1 aromatic rings. The van der Waals surface area contributed by atoms with Crippen molar-refractivity contribution in [1.29, 1.82) is 0 Å². The standard InChI is InChI=1S/C12H19S.Li/c1-3-5-6-11(4-2)9-12-7-8-13-10-12;/h7,10-11H,3-6,9H2,1-2H3;. The molecule has 0 amide bonds. The van der Waals surface area contributed by atoms with Crippen LogP contribution in [0.5, 0.6) is 0 Å². The first-order valence-corrected chi connectivity index (χ1v) is 6.68. The van der Waals surface area contributed by atoms with E-state index in [0.717, 1.165) is 5.92 Å². The predicted octanol–water partition coefficient (Wildman–Crippen LogP) is 3.30. The Bertz CT molecular complexity index is 255. The van der Waals surface area contributed by atoms with Crippen molar-refractivity contribution in [3.8, 4) is 0 Å². The zero-order chi connectivity index (χ0) is 10.4. The van der Waals surface area contributed by atoms with Gasteiger partial charge in [-0.2, -0.15) is 0 Å². The van der Waals surface area contributed by atoms with Crippen molar-refractivity contribution in [2.24, 2.45) is 5.92 Å². The molecule has 0 spiro atoms. The molecule has 1 heterocycles. The second kappa shape index (κ2) is 6.72. The summed E-state index contributed by atoms with van der Waals surface area (Å²) >= 11 is 4.08. The van der Waals surface area contributed by atoms with Crippen LogP contribution in [-0.2, 0) is 6.42 Å². The van der Waals surface area contributed by atoms with Crippen LogP contribution in [0.2, 0.25) is 0 Å². The second-order valence-electron chi connectivity index (χ2n) is 4.19. The molecule has 0 N–H and O–H groups in total. The fraction of sp³-hybridized carbons (Fsp3) is 0.667. The molecule has 0 saturated heterocycles. The van der Waals surface area contributed by atoms with E-state index in [4.69, 9.17) is 0 Å². The van der Waals surface area contributed by atoms with E-state index in [-0.39, 0.29) is 0 Å². The van der Waals surface area contributed by atoms with E-state index in [9.17, 15) is 0 Å². The van der Waals surface area contributed by atoms with E-state index < -0.39 is 0 Å². The van der Waals surface area contributed by atoms with Crippen molar-refractivity contribution in [2.45, 2.75) is 46.0 Å². The molecule has 14 heavy (non-hydrogen) atoms. The van der Waals surface area contributed by atoms with Gasteiger partial charge in [0, 0.05) is 0 Å². The van der Waals surface area contributed by atoms with Crippen molar-refractivity contribution in [2.75, 3.05) is 0 Å². The van der Waals surface area contributed by atoms with Gasteiger partial charge in [-0.3, -0.25) is 0 Å². The molecule has 1 unspecified atom stereocenters. The first-order valence-electron chi connectivity index (χ1n) is 5.80. The van der Waals surface area contributed by atoms with Crippen molar-refractivity contribution in [3.63, 3.8) is 0 Å². The van der Waals surface area contributed by atoms with E-state index in [2.05, 4.69) is 43.0 Å². The van der Waals surface area contributed by atoms with E-state index in [1.807, 2.05) is 11.3 Å². The predicted molar refractivity (Wildman–Crippen MR) is 66.7 cm³/mol. The zero-order valence-electron chi connectivity index (χ0n) is 9.68. The van der Waals surface area contributed by atoms with Gasteiger partial charge in [0.1, 0.15) is 0 Å². The Morgan fingerprint density at radius 2 is 2.21 bits per heavy atom. The number of hydrogen-bond donors (Lipinski definition) is 0. The van der Waals surface area contributed by atoms with Gasteiger partial charge < -0.3 is 0 Å². The van der Waals surface area contributed by atoms with Gasteiger partial charge >= 0.3 is 101 Å².